The lowest BCUT2D eigenvalue weighted by Crippen LogP contribution is -2.07. The van der Waals surface area contributed by atoms with Crippen molar-refractivity contribution in [2.45, 2.75) is 6.61 Å². The molecule has 0 atom stereocenters. The van der Waals surface area contributed by atoms with Crippen molar-refractivity contribution in [2.24, 2.45) is 0 Å². The summed E-state index contributed by atoms with van der Waals surface area (Å²) in [4.78, 5) is 17.0. The van der Waals surface area contributed by atoms with E-state index < -0.39 is 0 Å². The molecule has 2 rings (SSSR count). The van der Waals surface area contributed by atoms with Crippen molar-refractivity contribution in [3.8, 4) is 0 Å². The average Bonchev–Trinajstić information content (AvgIpc) is 2.49. The van der Waals surface area contributed by atoms with Crippen molar-refractivity contribution in [3.63, 3.8) is 0 Å². The lowest BCUT2D eigenvalue weighted by atomic mass is 10.1. The molecule has 0 heterocycles. The average molecular weight is 357 g/mol. The molecular weight excluding hydrogens is 345 g/mol. The summed E-state index contributed by atoms with van der Waals surface area (Å²) in [5.74, 6) is -0.155. The molecule has 2 aromatic rings. The summed E-state index contributed by atoms with van der Waals surface area (Å²) < 4.78 is 0. The fourth-order valence-electron chi connectivity index (χ4n) is 1.63. The van der Waals surface area contributed by atoms with Gasteiger partial charge in [0.2, 0.25) is 0 Å². The van der Waals surface area contributed by atoms with Crippen LogP contribution in [0.1, 0.15) is 15.9 Å². The maximum Gasteiger partial charge on any atom is 0.187 e. The van der Waals surface area contributed by atoms with Crippen LogP contribution in [0, 0.1) is 0 Å². The molecular formula is C16H12Cl3NO2. The third-order valence-corrected chi connectivity index (χ3v) is 3.60. The number of carbonyl (C=O) groups is 1. The first-order chi connectivity index (χ1) is 10.6. The fraction of sp³-hybridized carbons (Fsp3) is 0.0625. The zero-order valence-corrected chi connectivity index (χ0v) is 13.6. The molecule has 0 radical (unpaired) electrons. The Hall–Kier alpha value is -1.52. The Morgan fingerprint density at radius 2 is 1.73 bits per heavy atom. The summed E-state index contributed by atoms with van der Waals surface area (Å²) in [5, 5.41) is 1.67. The van der Waals surface area contributed by atoms with Crippen LogP contribution in [0.4, 0.5) is 0 Å². The van der Waals surface area contributed by atoms with E-state index in [1.165, 1.54) is 12.3 Å². The quantitative estimate of drug-likeness (QED) is 0.340. The molecule has 0 bridgehead atoms. The molecule has 22 heavy (non-hydrogen) atoms. The monoisotopic (exact) mass is 355 g/mol. The zero-order valence-electron chi connectivity index (χ0n) is 11.4. The van der Waals surface area contributed by atoms with Crippen LogP contribution in [0.15, 0.2) is 54.7 Å². The van der Waals surface area contributed by atoms with Crippen molar-refractivity contribution in [3.05, 3.63) is 80.9 Å². The predicted octanol–water partition coefficient (Wildman–Crippen LogP) is 5.06. The Balaban J connectivity index is 1.80. The second-order valence-corrected chi connectivity index (χ2v) is 5.63. The second-order valence-electron chi connectivity index (χ2n) is 4.35. The molecule has 0 saturated carbocycles. The van der Waals surface area contributed by atoms with E-state index in [0.29, 0.717) is 20.6 Å². The highest BCUT2D eigenvalue weighted by Gasteiger charge is 2.02. The first-order valence-corrected chi connectivity index (χ1v) is 7.47. The highest BCUT2D eigenvalue weighted by atomic mass is 35.5. The highest BCUT2D eigenvalue weighted by Crippen LogP contribution is 2.21. The van der Waals surface area contributed by atoms with Crippen molar-refractivity contribution in [2.75, 3.05) is 0 Å². The lowest BCUT2D eigenvalue weighted by Gasteiger charge is -2.05. The van der Waals surface area contributed by atoms with E-state index in [1.54, 1.807) is 42.5 Å². The van der Waals surface area contributed by atoms with E-state index in [0.717, 1.165) is 5.56 Å². The first-order valence-electron chi connectivity index (χ1n) is 6.34. The summed E-state index contributed by atoms with van der Waals surface area (Å²) >= 11 is 17.6. The van der Waals surface area contributed by atoms with Gasteiger partial charge in [-0.25, -0.2) is 0 Å². The number of rotatable bonds is 6. The Bertz CT molecular complexity index is 684. The van der Waals surface area contributed by atoms with Gasteiger partial charge in [0.15, 0.2) is 5.78 Å². The van der Waals surface area contributed by atoms with E-state index in [1.807, 2.05) is 0 Å². The normalized spacial score (nSPS) is 10.9. The Morgan fingerprint density at radius 1 is 1.05 bits per heavy atom. The molecule has 0 saturated heterocycles. The molecule has 114 valence electrons. The number of halogens is 3. The van der Waals surface area contributed by atoms with Crippen LogP contribution in [0.5, 0.6) is 0 Å². The Morgan fingerprint density at radius 3 is 2.41 bits per heavy atom. The highest BCUT2D eigenvalue weighted by molar-refractivity contribution is 6.35. The molecule has 0 aliphatic carbocycles. The van der Waals surface area contributed by atoms with Gasteiger partial charge in [-0.3, -0.25) is 15.1 Å². The zero-order chi connectivity index (χ0) is 15.9. The van der Waals surface area contributed by atoms with Gasteiger partial charge in [-0.2, -0.15) is 0 Å². The van der Waals surface area contributed by atoms with Crippen LogP contribution in [-0.2, 0) is 11.4 Å². The topological polar surface area (TPSA) is 38.3 Å². The number of hydrogen-bond donors (Lipinski definition) is 1. The van der Waals surface area contributed by atoms with Gasteiger partial charge in [-0.05, 0) is 42.0 Å². The van der Waals surface area contributed by atoms with Crippen molar-refractivity contribution >= 4 is 40.6 Å². The van der Waals surface area contributed by atoms with E-state index in [4.69, 9.17) is 39.6 Å². The molecule has 2 aromatic carbocycles. The molecule has 0 amide bonds. The van der Waals surface area contributed by atoms with Crippen LogP contribution in [-0.4, -0.2) is 5.78 Å². The molecule has 0 spiro atoms. The second kappa shape index (κ2) is 8.20. The van der Waals surface area contributed by atoms with Crippen LogP contribution in [0.2, 0.25) is 15.1 Å². The van der Waals surface area contributed by atoms with Gasteiger partial charge < -0.3 is 0 Å². The van der Waals surface area contributed by atoms with Gasteiger partial charge in [-0.1, -0.05) is 40.9 Å². The Kier molecular flexibility index (Phi) is 6.28. The third kappa shape index (κ3) is 5.04. The Labute approximate surface area is 143 Å². The van der Waals surface area contributed by atoms with Gasteiger partial charge in [-0.15, -0.1) is 0 Å². The van der Waals surface area contributed by atoms with E-state index in [2.05, 4.69) is 5.48 Å². The first kappa shape index (κ1) is 16.8. The maximum absolute atomic E-state index is 11.8. The van der Waals surface area contributed by atoms with E-state index >= 15 is 0 Å². The summed E-state index contributed by atoms with van der Waals surface area (Å²) in [6.07, 6.45) is 2.79. The number of hydrogen-bond acceptors (Lipinski definition) is 3. The molecule has 0 aliphatic heterocycles. The SMILES string of the molecule is O=C(C=CNOCc1ccc(Cl)cc1Cl)c1ccc(Cl)cc1. The van der Waals surface area contributed by atoms with Crippen molar-refractivity contribution < 1.29 is 9.63 Å². The van der Waals surface area contributed by atoms with Crippen LogP contribution in [0.25, 0.3) is 0 Å². The summed E-state index contributed by atoms with van der Waals surface area (Å²) in [6, 6.07) is 11.8. The summed E-state index contributed by atoms with van der Waals surface area (Å²) in [6.45, 7) is 0.246. The third-order valence-electron chi connectivity index (χ3n) is 2.76. The maximum atomic E-state index is 11.8. The molecule has 0 fully saturated rings. The van der Waals surface area contributed by atoms with Crippen LogP contribution in [0.3, 0.4) is 0 Å². The number of allylic oxidation sites excluding steroid dienone is 1. The predicted molar refractivity (Wildman–Crippen MR) is 89.3 cm³/mol. The number of ketones is 1. The molecule has 0 unspecified atom stereocenters. The van der Waals surface area contributed by atoms with Crippen molar-refractivity contribution in [1.29, 1.82) is 0 Å². The van der Waals surface area contributed by atoms with Gasteiger partial charge in [0, 0.05) is 32.9 Å². The fourth-order valence-corrected chi connectivity index (χ4v) is 2.22. The number of benzene rings is 2. The van der Waals surface area contributed by atoms with Gasteiger partial charge in [0.05, 0.1) is 0 Å². The molecule has 3 nitrogen and oxygen atoms in total. The molecule has 6 heteroatoms. The van der Waals surface area contributed by atoms with Gasteiger partial charge in [0.1, 0.15) is 6.61 Å². The number of hydroxylamine groups is 1. The van der Waals surface area contributed by atoms with Gasteiger partial charge >= 0.3 is 0 Å². The smallest absolute Gasteiger partial charge is 0.187 e. The molecule has 0 aromatic heterocycles. The van der Waals surface area contributed by atoms with E-state index in [-0.39, 0.29) is 12.4 Å². The minimum atomic E-state index is -0.155. The largest absolute Gasteiger partial charge is 0.289 e. The van der Waals surface area contributed by atoms with Crippen LogP contribution < -0.4 is 5.48 Å². The molecule has 1 N–H and O–H groups in total. The number of nitrogens with one attached hydrogen (secondary N) is 1. The van der Waals surface area contributed by atoms with Gasteiger partial charge in [0.25, 0.3) is 0 Å². The standard InChI is InChI=1S/C16H12Cl3NO2/c17-13-4-1-11(2-5-13)16(21)7-8-20-22-10-12-3-6-14(18)9-15(12)19/h1-9,20H,10H2. The van der Waals surface area contributed by atoms with E-state index in [9.17, 15) is 4.79 Å². The summed E-state index contributed by atoms with van der Waals surface area (Å²) in [5.41, 5.74) is 3.90. The molecule has 0 aliphatic rings. The lowest BCUT2D eigenvalue weighted by molar-refractivity contribution is 0.0573. The van der Waals surface area contributed by atoms with Crippen molar-refractivity contribution in [1.82, 2.24) is 5.48 Å². The minimum absolute atomic E-state index is 0.155. The van der Waals surface area contributed by atoms with Crippen LogP contribution >= 0.6 is 34.8 Å². The summed E-state index contributed by atoms with van der Waals surface area (Å²) in [7, 11) is 0. The minimum Gasteiger partial charge on any atom is -0.289 e. The number of carbonyl (C=O) groups excluding carboxylic acids is 1.